The van der Waals surface area contributed by atoms with Crippen LogP contribution >= 0.6 is 0 Å². The van der Waals surface area contributed by atoms with Gasteiger partial charge in [0.25, 0.3) is 0 Å². The van der Waals surface area contributed by atoms with E-state index in [0.29, 0.717) is 6.54 Å². The number of ketones is 1. The summed E-state index contributed by atoms with van der Waals surface area (Å²) < 4.78 is 12.9. The third-order valence-electron chi connectivity index (χ3n) is 4.69. The molecule has 5 heteroatoms. The second kappa shape index (κ2) is 7.68. The van der Waals surface area contributed by atoms with Crippen LogP contribution in [0.4, 0.5) is 0 Å². The van der Waals surface area contributed by atoms with Crippen LogP contribution in [0.25, 0.3) is 0 Å². The lowest BCUT2D eigenvalue weighted by Gasteiger charge is -2.15. The molecule has 0 fully saturated rings. The first-order valence-electron chi connectivity index (χ1n) is 8.84. The van der Waals surface area contributed by atoms with Gasteiger partial charge in [-0.05, 0) is 49.1 Å². The lowest BCUT2D eigenvalue weighted by atomic mass is 10.1. The van der Waals surface area contributed by atoms with Crippen LogP contribution in [0.15, 0.2) is 42.2 Å². The Morgan fingerprint density at radius 2 is 1.96 bits per heavy atom. The number of benzene rings is 1. The summed E-state index contributed by atoms with van der Waals surface area (Å²) in [7, 11) is 7.21. The van der Waals surface area contributed by atoms with E-state index in [0.717, 1.165) is 53.2 Å². The number of carbonyl (C=O) groups excluding carboxylic acids is 1. The van der Waals surface area contributed by atoms with Crippen molar-refractivity contribution >= 4 is 5.78 Å². The van der Waals surface area contributed by atoms with Crippen LogP contribution in [0.5, 0.6) is 11.5 Å². The van der Waals surface area contributed by atoms with Crippen molar-refractivity contribution < 1.29 is 14.3 Å². The van der Waals surface area contributed by atoms with Gasteiger partial charge in [-0.15, -0.1) is 0 Å². The SMILES string of the molecule is COc1ccc(OC)c(Cn2ccc3c2C(=O)C(=CN(C)C)CCC3)c1. The fourth-order valence-corrected chi connectivity index (χ4v) is 3.49. The predicted octanol–water partition coefficient (Wildman–Crippen LogP) is 3.52. The third kappa shape index (κ3) is 3.62. The van der Waals surface area contributed by atoms with Gasteiger partial charge in [0.1, 0.15) is 11.5 Å². The normalized spacial score (nSPS) is 15.5. The molecule has 2 aromatic rings. The zero-order valence-corrected chi connectivity index (χ0v) is 15.9. The molecule has 0 bridgehead atoms. The molecule has 0 spiro atoms. The first kappa shape index (κ1) is 18.1. The first-order chi connectivity index (χ1) is 12.5. The van der Waals surface area contributed by atoms with E-state index >= 15 is 0 Å². The quantitative estimate of drug-likeness (QED) is 0.609. The number of ether oxygens (including phenoxy) is 2. The molecule has 0 amide bonds. The van der Waals surface area contributed by atoms with Crippen LogP contribution in [0.3, 0.4) is 0 Å². The minimum absolute atomic E-state index is 0.123. The smallest absolute Gasteiger partial charge is 0.207 e. The standard InChI is InChI=1S/C21H26N2O3/c1-22(2)13-16-7-5-6-15-10-11-23(20(15)21(16)24)14-17-12-18(25-3)8-9-19(17)26-4/h8-13H,5-7,14H2,1-4H3. The number of aromatic nitrogens is 1. The highest BCUT2D eigenvalue weighted by Gasteiger charge is 2.24. The Balaban J connectivity index is 2.00. The molecule has 3 rings (SSSR count). The number of Topliss-reactive ketones (excluding diaryl/α,β-unsaturated/α-hetero) is 1. The number of hydrogen-bond donors (Lipinski definition) is 0. The number of rotatable bonds is 5. The topological polar surface area (TPSA) is 43.7 Å². The molecule has 0 N–H and O–H groups in total. The average Bonchev–Trinajstić information content (AvgIpc) is 2.95. The van der Waals surface area contributed by atoms with Crippen molar-refractivity contribution in [3.8, 4) is 11.5 Å². The molecular weight excluding hydrogens is 328 g/mol. The number of carbonyl (C=O) groups is 1. The van der Waals surface area contributed by atoms with Gasteiger partial charge in [-0.2, -0.15) is 0 Å². The molecule has 1 aromatic carbocycles. The van der Waals surface area contributed by atoms with Gasteiger partial charge >= 0.3 is 0 Å². The van der Waals surface area contributed by atoms with E-state index in [9.17, 15) is 4.79 Å². The van der Waals surface area contributed by atoms with Crippen LogP contribution in [-0.4, -0.2) is 43.6 Å². The molecule has 138 valence electrons. The molecule has 0 unspecified atom stereocenters. The largest absolute Gasteiger partial charge is 0.497 e. The molecule has 1 aromatic heterocycles. The fraction of sp³-hybridized carbons (Fsp3) is 0.381. The number of fused-ring (bicyclic) bond motifs is 1. The molecule has 0 radical (unpaired) electrons. The zero-order valence-electron chi connectivity index (χ0n) is 15.9. The number of hydrogen-bond acceptors (Lipinski definition) is 4. The summed E-state index contributed by atoms with van der Waals surface area (Å²) in [6.07, 6.45) is 6.67. The van der Waals surface area contributed by atoms with Crippen LogP contribution in [0.2, 0.25) is 0 Å². The fourth-order valence-electron chi connectivity index (χ4n) is 3.49. The van der Waals surface area contributed by atoms with E-state index in [-0.39, 0.29) is 5.78 Å². The Labute approximate surface area is 154 Å². The second-order valence-corrected chi connectivity index (χ2v) is 6.80. The second-order valence-electron chi connectivity index (χ2n) is 6.80. The van der Waals surface area contributed by atoms with Gasteiger partial charge in [-0.25, -0.2) is 0 Å². The minimum Gasteiger partial charge on any atom is -0.497 e. The zero-order chi connectivity index (χ0) is 18.7. The van der Waals surface area contributed by atoms with Crippen LogP contribution < -0.4 is 9.47 Å². The van der Waals surface area contributed by atoms with Gasteiger partial charge < -0.3 is 18.9 Å². The predicted molar refractivity (Wildman–Crippen MR) is 102 cm³/mol. The summed E-state index contributed by atoms with van der Waals surface area (Å²) in [5.74, 6) is 1.69. The van der Waals surface area contributed by atoms with E-state index in [1.54, 1.807) is 14.2 Å². The lowest BCUT2D eigenvalue weighted by Crippen LogP contribution is -2.14. The van der Waals surface area contributed by atoms with Gasteiger partial charge in [-0.1, -0.05) is 0 Å². The van der Waals surface area contributed by atoms with Gasteiger partial charge in [0.2, 0.25) is 5.78 Å². The molecule has 1 aliphatic carbocycles. The number of methoxy groups -OCH3 is 2. The van der Waals surface area contributed by atoms with Crippen molar-refractivity contribution in [2.45, 2.75) is 25.8 Å². The average molecular weight is 354 g/mol. The molecule has 1 aliphatic rings. The highest BCUT2D eigenvalue weighted by Crippen LogP contribution is 2.29. The molecule has 0 aliphatic heterocycles. The minimum atomic E-state index is 0.123. The molecule has 26 heavy (non-hydrogen) atoms. The molecule has 5 nitrogen and oxygen atoms in total. The van der Waals surface area contributed by atoms with Crippen molar-refractivity contribution in [2.24, 2.45) is 0 Å². The maximum absolute atomic E-state index is 13.2. The number of allylic oxidation sites excluding steroid dienone is 1. The van der Waals surface area contributed by atoms with Crippen LogP contribution in [0, 0.1) is 0 Å². The van der Waals surface area contributed by atoms with Crippen molar-refractivity contribution in [3.63, 3.8) is 0 Å². The molecule has 0 saturated carbocycles. The number of nitrogens with zero attached hydrogens (tertiary/aromatic N) is 2. The van der Waals surface area contributed by atoms with Crippen LogP contribution in [0.1, 0.15) is 34.5 Å². The maximum atomic E-state index is 13.2. The highest BCUT2D eigenvalue weighted by atomic mass is 16.5. The summed E-state index contributed by atoms with van der Waals surface area (Å²) in [6.45, 7) is 0.566. The first-order valence-corrected chi connectivity index (χ1v) is 8.84. The van der Waals surface area contributed by atoms with Crippen molar-refractivity contribution in [3.05, 3.63) is 59.1 Å². The summed E-state index contributed by atoms with van der Waals surface area (Å²) >= 11 is 0. The van der Waals surface area contributed by atoms with Gasteiger partial charge in [0.05, 0.1) is 26.5 Å². The Morgan fingerprint density at radius 3 is 2.65 bits per heavy atom. The molecular formula is C21H26N2O3. The maximum Gasteiger partial charge on any atom is 0.207 e. The third-order valence-corrected chi connectivity index (χ3v) is 4.69. The summed E-state index contributed by atoms with van der Waals surface area (Å²) in [4.78, 5) is 15.1. The van der Waals surface area contributed by atoms with E-state index < -0.39 is 0 Å². The Kier molecular flexibility index (Phi) is 5.35. The Morgan fingerprint density at radius 1 is 1.15 bits per heavy atom. The van der Waals surface area contributed by atoms with E-state index in [1.165, 1.54) is 0 Å². The van der Waals surface area contributed by atoms with E-state index in [1.807, 2.05) is 54.2 Å². The van der Waals surface area contributed by atoms with Gasteiger partial charge in [0, 0.05) is 37.6 Å². The Bertz CT molecular complexity index is 834. The van der Waals surface area contributed by atoms with Crippen molar-refractivity contribution in [2.75, 3.05) is 28.3 Å². The van der Waals surface area contributed by atoms with Crippen LogP contribution in [-0.2, 0) is 13.0 Å². The summed E-state index contributed by atoms with van der Waals surface area (Å²) in [5, 5.41) is 0. The summed E-state index contributed by atoms with van der Waals surface area (Å²) in [6, 6.07) is 7.80. The highest BCUT2D eigenvalue weighted by molar-refractivity contribution is 6.09. The number of aryl methyl sites for hydroxylation is 1. The monoisotopic (exact) mass is 354 g/mol. The van der Waals surface area contributed by atoms with E-state index in [2.05, 4.69) is 6.07 Å². The molecule has 0 saturated heterocycles. The lowest BCUT2D eigenvalue weighted by molar-refractivity contribution is 0.102. The Hall–Kier alpha value is -2.69. The molecule has 0 atom stereocenters. The summed E-state index contributed by atoms with van der Waals surface area (Å²) in [5.41, 5.74) is 3.77. The van der Waals surface area contributed by atoms with Crippen molar-refractivity contribution in [1.29, 1.82) is 0 Å². The van der Waals surface area contributed by atoms with Gasteiger partial charge in [0.15, 0.2) is 0 Å². The van der Waals surface area contributed by atoms with Gasteiger partial charge in [-0.3, -0.25) is 4.79 Å². The van der Waals surface area contributed by atoms with Crippen molar-refractivity contribution in [1.82, 2.24) is 9.47 Å². The molecule has 1 heterocycles. The van der Waals surface area contributed by atoms with E-state index in [4.69, 9.17) is 9.47 Å².